The van der Waals surface area contributed by atoms with Gasteiger partial charge < -0.3 is 10.0 Å². The van der Waals surface area contributed by atoms with Crippen molar-refractivity contribution in [1.29, 1.82) is 0 Å². The molecule has 106 valence electrons. The molecule has 1 N–H and O–H groups in total. The van der Waals surface area contributed by atoms with Crippen LogP contribution in [0.5, 0.6) is 0 Å². The molecule has 0 saturated carbocycles. The maximum absolute atomic E-state index is 12.5. The van der Waals surface area contributed by atoms with E-state index in [0.717, 1.165) is 25.9 Å². The van der Waals surface area contributed by atoms with Crippen LogP contribution in [0, 0.1) is 17.8 Å². The third kappa shape index (κ3) is 3.82. The first-order valence-electron chi connectivity index (χ1n) is 7.04. The molecule has 0 radical (unpaired) electrons. The first kappa shape index (κ1) is 14.5. The zero-order chi connectivity index (χ0) is 14.4. The first-order chi connectivity index (χ1) is 9.70. The molecule has 1 aromatic rings. The number of likely N-dealkylation sites (tertiary alicyclic amines) is 1. The third-order valence-electron chi connectivity index (χ3n) is 3.60. The number of hydrogen-bond donors (Lipinski definition) is 1. The van der Waals surface area contributed by atoms with Gasteiger partial charge in [-0.2, -0.15) is 0 Å². The molecule has 0 aliphatic carbocycles. The van der Waals surface area contributed by atoms with Crippen LogP contribution in [0.15, 0.2) is 18.5 Å². The molecule has 1 aliphatic rings. The summed E-state index contributed by atoms with van der Waals surface area (Å²) in [7, 11) is 0. The summed E-state index contributed by atoms with van der Waals surface area (Å²) in [6.07, 6.45) is 6.49. The Morgan fingerprint density at radius 2 is 2.30 bits per heavy atom. The summed E-state index contributed by atoms with van der Waals surface area (Å²) in [4.78, 5) is 18.4. The minimum atomic E-state index is -0.192. The average Bonchev–Trinajstić information content (AvgIpc) is 2.69. The first-order valence-corrected chi connectivity index (χ1v) is 7.04. The zero-order valence-corrected chi connectivity index (χ0v) is 11.8. The Hall–Kier alpha value is -1.86. The number of nitrogens with zero attached hydrogens (tertiary/aromatic N) is 2. The van der Waals surface area contributed by atoms with Crippen molar-refractivity contribution < 1.29 is 9.90 Å². The third-order valence-corrected chi connectivity index (χ3v) is 3.60. The fraction of sp³-hybridized carbons (Fsp3) is 0.500. The lowest BCUT2D eigenvalue weighted by Crippen LogP contribution is -2.32. The second-order valence-corrected chi connectivity index (χ2v) is 5.25. The Labute approximate surface area is 119 Å². The molecule has 1 fully saturated rings. The summed E-state index contributed by atoms with van der Waals surface area (Å²) >= 11 is 0. The average molecular weight is 272 g/mol. The van der Waals surface area contributed by atoms with Crippen LogP contribution >= 0.6 is 0 Å². The normalized spacial score (nSPS) is 18.9. The molecule has 0 aromatic carbocycles. The molecular weight excluding hydrogens is 252 g/mol. The van der Waals surface area contributed by atoms with Gasteiger partial charge >= 0.3 is 0 Å². The Bertz CT molecular complexity index is 531. The highest BCUT2D eigenvalue weighted by Crippen LogP contribution is 2.18. The molecule has 2 heterocycles. The number of carbonyl (C=O) groups is 1. The van der Waals surface area contributed by atoms with Crippen molar-refractivity contribution in [3.63, 3.8) is 0 Å². The van der Waals surface area contributed by atoms with Crippen molar-refractivity contribution >= 4 is 5.91 Å². The van der Waals surface area contributed by atoms with E-state index < -0.39 is 0 Å². The molecule has 0 bridgehead atoms. The van der Waals surface area contributed by atoms with Gasteiger partial charge in [0, 0.05) is 31.0 Å². The van der Waals surface area contributed by atoms with E-state index in [4.69, 9.17) is 5.11 Å². The second-order valence-electron chi connectivity index (χ2n) is 5.25. The van der Waals surface area contributed by atoms with Gasteiger partial charge in [-0.1, -0.05) is 18.8 Å². The summed E-state index contributed by atoms with van der Waals surface area (Å²) in [5, 5.41) is 8.70. The monoisotopic (exact) mass is 272 g/mol. The van der Waals surface area contributed by atoms with Crippen LogP contribution in [0.2, 0.25) is 0 Å². The highest BCUT2D eigenvalue weighted by molar-refractivity contribution is 5.94. The highest BCUT2D eigenvalue weighted by Gasteiger charge is 2.20. The number of aliphatic hydroxyl groups is 1. The maximum Gasteiger partial charge on any atom is 0.255 e. The predicted octanol–water partition coefficient (Wildman–Crippen LogP) is 1.69. The van der Waals surface area contributed by atoms with Gasteiger partial charge in [0.1, 0.15) is 6.61 Å². The van der Waals surface area contributed by atoms with Crippen molar-refractivity contribution in [2.75, 3.05) is 19.7 Å². The Balaban J connectivity index is 2.12. The number of rotatable bonds is 1. The smallest absolute Gasteiger partial charge is 0.255 e. The lowest BCUT2D eigenvalue weighted by molar-refractivity contribution is 0.0760. The van der Waals surface area contributed by atoms with Crippen molar-refractivity contribution in [3.8, 4) is 11.8 Å². The van der Waals surface area contributed by atoms with E-state index in [-0.39, 0.29) is 12.5 Å². The SMILES string of the molecule is CC1CCCN(C(=O)c2cncc(C#CCO)c2)CC1. The number of aromatic nitrogens is 1. The molecule has 1 unspecified atom stereocenters. The molecule has 1 saturated heterocycles. The van der Waals surface area contributed by atoms with Gasteiger partial charge in [0.05, 0.1) is 5.56 Å². The number of pyridine rings is 1. The summed E-state index contributed by atoms with van der Waals surface area (Å²) in [6.45, 7) is 3.67. The molecule has 0 spiro atoms. The molecular formula is C16H20N2O2. The highest BCUT2D eigenvalue weighted by atomic mass is 16.2. The Morgan fingerprint density at radius 3 is 3.10 bits per heavy atom. The van der Waals surface area contributed by atoms with Crippen LogP contribution in [0.1, 0.15) is 42.1 Å². The summed E-state index contributed by atoms with van der Waals surface area (Å²) in [5.41, 5.74) is 1.23. The predicted molar refractivity (Wildman–Crippen MR) is 77.1 cm³/mol. The van der Waals surface area contributed by atoms with Gasteiger partial charge in [-0.25, -0.2) is 0 Å². The number of amides is 1. The molecule has 1 aromatic heterocycles. The summed E-state index contributed by atoms with van der Waals surface area (Å²) in [5.74, 6) is 6.06. The minimum Gasteiger partial charge on any atom is -0.384 e. The minimum absolute atomic E-state index is 0.0271. The van der Waals surface area contributed by atoms with Crippen molar-refractivity contribution in [3.05, 3.63) is 29.6 Å². The van der Waals surface area contributed by atoms with E-state index in [1.165, 1.54) is 6.42 Å². The fourth-order valence-electron chi connectivity index (χ4n) is 2.42. The Morgan fingerprint density at radius 1 is 1.45 bits per heavy atom. The fourth-order valence-corrected chi connectivity index (χ4v) is 2.42. The number of hydrogen-bond acceptors (Lipinski definition) is 3. The van der Waals surface area contributed by atoms with Crippen molar-refractivity contribution in [2.24, 2.45) is 5.92 Å². The van der Waals surface area contributed by atoms with Crippen LogP contribution in [-0.2, 0) is 0 Å². The van der Waals surface area contributed by atoms with Crippen LogP contribution in [0.4, 0.5) is 0 Å². The van der Waals surface area contributed by atoms with E-state index in [1.54, 1.807) is 18.5 Å². The molecule has 1 amide bonds. The lowest BCUT2D eigenvalue weighted by atomic mass is 10.0. The number of aliphatic hydroxyl groups excluding tert-OH is 1. The van der Waals surface area contributed by atoms with E-state index >= 15 is 0 Å². The van der Waals surface area contributed by atoms with Crippen molar-refractivity contribution in [2.45, 2.75) is 26.2 Å². The van der Waals surface area contributed by atoms with Gasteiger partial charge in [-0.15, -0.1) is 0 Å². The number of carbonyl (C=O) groups excluding carboxylic acids is 1. The largest absolute Gasteiger partial charge is 0.384 e. The second kappa shape index (κ2) is 7.06. The maximum atomic E-state index is 12.5. The van der Waals surface area contributed by atoms with Gasteiger partial charge in [0.2, 0.25) is 0 Å². The van der Waals surface area contributed by atoms with Crippen LogP contribution < -0.4 is 0 Å². The molecule has 1 aliphatic heterocycles. The van der Waals surface area contributed by atoms with Gasteiger partial charge in [0.15, 0.2) is 0 Å². The Kier molecular flexibility index (Phi) is 5.14. The summed E-state index contributed by atoms with van der Waals surface area (Å²) in [6, 6.07) is 1.74. The van der Waals surface area contributed by atoms with Crippen LogP contribution in [0.25, 0.3) is 0 Å². The standard InChI is InChI=1S/C16H20N2O2/c1-13-4-2-7-18(8-6-13)16(20)15-10-14(5-3-9-19)11-17-12-15/h10-13,19H,2,4,6-9H2,1H3. The topological polar surface area (TPSA) is 53.4 Å². The quantitative estimate of drug-likeness (QED) is 0.792. The van der Waals surface area contributed by atoms with Gasteiger partial charge in [-0.3, -0.25) is 9.78 Å². The van der Waals surface area contributed by atoms with Crippen LogP contribution in [0.3, 0.4) is 0 Å². The van der Waals surface area contributed by atoms with Gasteiger partial charge in [0.25, 0.3) is 5.91 Å². The van der Waals surface area contributed by atoms with E-state index in [0.29, 0.717) is 17.0 Å². The molecule has 4 nitrogen and oxygen atoms in total. The lowest BCUT2D eigenvalue weighted by Gasteiger charge is -2.20. The van der Waals surface area contributed by atoms with E-state index in [1.807, 2.05) is 4.90 Å². The van der Waals surface area contributed by atoms with E-state index in [9.17, 15) is 4.79 Å². The molecule has 2 rings (SSSR count). The molecule has 1 atom stereocenters. The van der Waals surface area contributed by atoms with Crippen LogP contribution in [-0.4, -0.2) is 40.6 Å². The van der Waals surface area contributed by atoms with E-state index in [2.05, 4.69) is 23.7 Å². The molecule has 4 heteroatoms. The molecule has 20 heavy (non-hydrogen) atoms. The van der Waals surface area contributed by atoms with Crippen molar-refractivity contribution in [1.82, 2.24) is 9.88 Å². The zero-order valence-electron chi connectivity index (χ0n) is 11.8. The summed E-state index contributed by atoms with van der Waals surface area (Å²) < 4.78 is 0. The van der Waals surface area contributed by atoms with Gasteiger partial charge in [-0.05, 0) is 31.2 Å².